The number of aryl methyl sites for hydroxylation is 1. The lowest BCUT2D eigenvalue weighted by molar-refractivity contribution is 0.0527. The number of anilines is 1. The van der Waals surface area contributed by atoms with Crippen molar-refractivity contribution < 1.29 is 19.0 Å². The van der Waals surface area contributed by atoms with Gasteiger partial charge in [0.1, 0.15) is 29.4 Å². The fourth-order valence-corrected chi connectivity index (χ4v) is 2.17. The molecule has 0 spiro atoms. The van der Waals surface area contributed by atoms with E-state index in [-0.39, 0.29) is 18.0 Å². The zero-order chi connectivity index (χ0) is 16.8. The summed E-state index contributed by atoms with van der Waals surface area (Å²) in [6.45, 7) is 4.61. The maximum atomic E-state index is 12.0. The number of ether oxygens (including phenoxy) is 3. The van der Waals surface area contributed by atoms with Crippen molar-refractivity contribution >= 4 is 11.8 Å². The van der Waals surface area contributed by atoms with Crippen LogP contribution in [0.4, 0.5) is 5.82 Å². The highest BCUT2D eigenvalue weighted by molar-refractivity contribution is 5.95. The van der Waals surface area contributed by atoms with Crippen LogP contribution in [0.5, 0.6) is 5.75 Å². The minimum Gasteiger partial charge on any atom is -0.489 e. The smallest absolute Gasteiger partial charge is 0.343 e. The van der Waals surface area contributed by atoms with E-state index in [0.717, 1.165) is 0 Å². The first-order valence-electron chi connectivity index (χ1n) is 7.33. The molecular formula is C16H21N3O4. The summed E-state index contributed by atoms with van der Waals surface area (Å²) in [6, 6.07) is 7.33. The molecule has 0 saturated heterocycles. The van der Waals surface area contributed by atoms with Crippen molar-refractivity contribution in [3.8, 4) is 11.4 Å². The molecule has 7 heteroatoms. The number of carbonyl (C=O) groups is 1. The first-order valence-corrected chi connectivity index (χ1v) is 7.33. The van der Waals surface area contributed by atoms with Gasteiger partial charge in [-0.05, 0) is 26.0 Å². The molecule has 0 aliphatic rings. The summed E-state index contributed by atoms with van der Waals surface area (Å²) in [4.78, 5) is 12.0. The van der Waals surface area contributed by atoms with Gasteiger partial charge < -0.3 is 19.9 Å². The topological polar surface area (TPSA) is 88.6 Å². The van der Waals surface area contributed by atoms with Gasteiger partial charge in [0.2, 0.25) is 0 Å². The van der Waals surface area contributed by atoms with Crippen LogP contribution >= 0.6 is 0 Å². The normalized spacial score (nSPS) is 10.6. The molecular weight excluding hydrogens is 298 g/mol. The van der Waals surface area contributed by atoms with Gasteiger partial charge in [-0.3, -0.25) is 0 Å². The molecule has 2 aromatic rings. The molecule has 1 aromatic heterocycles. The maximum absolute atomic E-state index is 12.0. The fraction of sp³-hybridized carbons (Fsp3) is 0.375. The van der Waals surface area contributed by atoms with Crippen molar-refractivity contribution in [1.29, 1.82) is 0 Å². The molecule has 0 aliphatic carbocycles. The van der Waals surface area contributed by atoms with Crippen molar-refractivity contribution in [2.45, 2.75) is 13.8 Å². The molecule has 0 amide bonds. The lowest BCUT2D eigenvalue weighted by atomic mass is 10.2. The summed E-state index contributed by atoms with van der Waals surface area (Å²) in [5, 5.41) is 4.35. The molecule has 0 saturated carbocycles. The minimum absolute atomic E-state index is 0.226. The molecule has 2 rings (SSSR count). The number of nitrogens with two attached hydrogens (primary N) is 1. The van der Waals surface area contributed by atoms with Gasteiger partial charge in [0, 0.05) is 7.11 Å². The van der Waals surface area contributed by atoms with Crippen LogP contribution in [-0.2, 0) is 9.47 Å². The lowest BCUT2D eigenvalue weighted by Crippen LogP contribution is -2.11. The number of nitrogens with zero attached hydrogens (tertiary/aromatic N) is 2. The van der Waals surface area contributed by atoms with E-state index >= 15 is 0 Å². The summed E-state index contributed by atoms with van der Waals surface area (Å²) in [6.07, 6.45) is 0. The first-order chi connectivity index (χ1) is 11.1. The molecule has 0 atom stereocenters. The SMILES string of the molecule is CCOC(=O)c1c(C)nn(-c2ccccc2OCCOC)c1N. The standard InChI is InChI=1S/C16H21N3O4/c1-4-22-16(20)14-11(2)18-19(15(14)17)12-7-5-6-8-13(12)23-10-9-21-3/h5-8H,4,9-10,17H2,1-3H3. The number of rotatable bonds is 7. The Balaban J connectivity index is 2.39. The van der Waals surface area contributed by atoms with Crippen LogP contribution in [0, 0.1) is 6.92 Å². The summed E-state index contributed by atoms with van der Waals surface area (Å²) < 4.78 is 17.2. The van der Waals surface area contributed by atoms with Gasteiger partial charge in [0.25, 0.3) is 0 Å². The summed E-state index contributed by atoms with van der Waals surface area (Å²) in [5.41, 5.74) is 7.55. The number of esters is 1. The van der Waals surface area contributed by atoms with Crippen LogP contribution in [0.15, 0.2) is 24.3 Å². The Morgan fingerprint density at radius 3 is 2.74 bits per heavy atom. The Labute approximate surface area is 134 Å². The summed E-state index contributed by atoms with van der Waals surface area (Å²) in [7, 11) is 1.61. The number of aromatic nitrogens is 2. The van der Waals surface area contributed by atoms with E-state index in [4.69, 9.17) is 19.9 Å². The quantitative estimate of drug-likeness (QED) is 0.620. The highest BCUT2D eigenvalue weighted by Gasteiger charge is 2.22. The van der Waals surface area contributed by atoms with Crippen LogP contribution in [0.3, 0.4) is 0 Å². The van der Waals surface area contributed by atoms with Gasteiger partial charge >= 0.3 is 5.97 Å². The van der Waals surface area contributed by atoms with Crippen molar-refractivity contribution in [2.75, 3.05) is 32.7 Å². The molecule has 0 fully saturated rings. The number of methoxy groups -OCH3 is 1. The molecule has 0 bridgehead atoms. The van der Waals surface area contributed by atoms with Gasteiger partial charge in [-0.1, -0.05) is 12.1 Å². The Kier molecular flexibility index (Phi) is 5.59. The average Bonchev–Trinajstić information content (AvgIpc) is 2.83. The number of hydrogen-bond acceptors (Lipinski definition) is 6. The van der Waals surface area contributed by atoms with Crippen LogP contribution in [0.25, 0.3) is 5.69 Å². The van der Waals surface area contributed by atoms with Crippen molar-refractivity contribution in [1.82, 2.24) is 9.78 Å². The molecule has 2 N–H and O–H groups in total. The molecule has 23 heavy (non-hydrogen) atoms. The summed E-state index contributed by atoms with van der Waals surface area (Å²) >= 11 is 0. The van der Waals surface area contributed by atoms with E-state index in [2.05, 4.69) is 5.10 Å². The van der Waals surface area contributed by atoms with Crippen molar-refractivity contribution in [3.63, 3.8) is 0 Å². The molecule has 7 nitrogen and oxygen atoms in total. The number of hydrogen-bond donors (Lipinski definition) is 1. The number of para-hydroxylation sites is 2. The minimum atomic E-state index is -0.480. The second-order valence-corrected chi connectivity index (χ2v) is 4.79. The molecule has 0 aliphatic heterocycles. The zero-order valence-corrected chi connectivity index (χ0v) is 13.5. The van der Waals surface area contributed by atoms with Crippen LogP contribution < -0.4 is 10.5 Å². The monoisotopic (exact) mass is 319 g/mol. The molecule has 0 unspecified atom stereocenters. The van der Waals surface area contributed by atoms with E-state index < -0.39 is 5.97 Å². The average molecular weight is 319 g/mol. The largest absolute Gasteiger partial charge is 0.489 e. The molecule has 1 heterocycles. The Hall–Kier alpha value is -2.54. The first kappa shape index (κ1) is 16.8. The zero-order valence-electron chi connectivity index (χ0n) is 13.5. The van der Waals surface area contributed by atoms with Gasteiger partial charge in [0.05, 0.1) is 18.9 Å². The Bertz CT molecular complexity index is 682. The highest BCUT2D eigenvalue weighted by atomic mass is 16.5. The molecule has 0 radical (unpaired) electrons. The summed E-state index contributed by atoms with van der Waals surface area (Å²) in [5.74, 6) is 0.351. The van der Waals surface area contributed by atoms with E-state index in [0.29, 0.717) is 30.3 Å². The predicted molar refractivity (Wildman–Crippen MR) is 86.0 cm³/mol. The van der Waals surface area contributed by atoms with Crippen LogP contribution in [0.1, 0.15) is 23.0 Å². The maximum Gasteiger partial charge on any atom is 0.343 e. The van der Waals surface area contributed by atoms with Crippen molar-refractivity contribution in [3.05, 3.63) is 35.5 Å². The molecule has 1 aromatic carbocycles. The van der Waals surface area contributed by atoms with E-state index in [1.165, 1.54) is 4.68 Å². The van der Waals surface area contributed by atoms with Crippen LogP contribution in [0.2, 0.25) is 0 Å². The fourth-order valence-electron chi connectivity index (χ4n) is 2.17. The molecule has 124 valence electrons. The van der Waals surface area contributed by atoms with E-state index in [1.807, 2.05) is 24.3 Å². The van der Waals surface area contributed by atoms with Gasteiger partial charge in [-0.2, -0.15) is 5.10 Å². The predicted octanol–water partition coefficient (Wildman–Crippen LogP) is 1.96. The highest BCUT2D eigenvalue weighted by Crippen LogP contribution is 2.28. The third-order valence-electron chi connectivity index (χ3n) is 3.21. The number of nitrogen functional groups attached to an aromatic ring is 1. The van der Waals surface area contributed by atoms with Gasteiger partial charge in [-0.25, -0.2) is 9.48 Å². The second-order valence-electron chi connectivity index (χ2n) is 4.79. The Morgan fingerprint density at radius 1 is 1.30 bits per heavy atom. The van der Waals surface area contributed by atoms with E-state index in [9.17, 15) is 4.79 Å². The van der Waals surface area contributed by atoms with E-state index in [1.54, 1.807) is 21.0 Å². The number of carbonyl (C=O) groups excluding carboxylic acids is 1. The second kappa shape index (κ2) is 7.64. The van der Waals surface area contributed by atoms with Crippen molar-refractivity contribution in [2.24, 2.45) is 0 Å². The third-order valence-corrected chi connectivity index (χ3v) is 3.21. The third kappa shape index (κ3) is 3.62. The Morgan fingerprint density at radius 2 is 2.04 bits per heavy atom. The van der Waals surface area contributed by atoms with Crippen LogP contribution in [-0.4, -0.2) is 42.7 Å². The van der Waals surface area contributed by atoms with Gasteiger partial charge in [0.15, 0.2) is 0 Å². The lowest BCUT2D eigenvalue weighted by Gasteiger charge is -2.12. The van der Waals surface area contributed by atoms with Gasteiger partial charge in [-0.15, -0.1) is 0 Å². The number of benzene rings is 1.